The van der Waals surface area contributed by atoms with Crippen molar-refractivity contribution in [3.63, 3.8) is 0 Å². The van der Waals surface area contributed by atoms with E-state index in [1.54, 1.807) is 24.6 Å². The number of nitro groups is 1. The van der Waals surface area contributed by atoms with Crippen molar-refractivity contribution in [3.05, 3.63) is 86.1 Å². The number of thiophene rings is 1. The second-order valence-corrected chi connectivity index (χ2v) is 10.4. The van der Waals surface area contributed by atoms with Gasteiger partial charge in [-0.3, -0.25) is 24.4 Å². The minimum absolute atomic E-state index is 0.00561. The molecule has 2 amide bonds. The Labute approximate surface area is 246 Å². The van der Waals surface area contributed by atoms with Gasteiger partial charge in [-0.15, -0.1) is 11.3 Å². The van der Waals surface area contributed by atoms with Crippen LogP contribution in [0, 0.1) is 24.0 Å². The van der Waals surface area contributed by atoms with E-state index in [4.69, 9.17) is 14.9 Å². The highest BCUT2D eigenvalue weighted by molar-refractivity contribution is 7.21. The van der Waals surface area contributed by atoms with Gasteiger partial charge in [-0.1, -0.05) is 6.07 Å². The molecule has 4 aromatic heterocycles. The standard InChI is InChI=1S/C28H24F2N6O6S/c1-4-35-14(3)17(11-32-35)16-10-18(25(29)30)33-28-22(16)23(24(43-28)26(31)37)34-27(38)21-8-6-15(42-21)12-41-20-7-5-13(2)9-19(20)36(39)40/h5-11,25H,4,12H2,1-3H3,(H2,31,37)(H,34,38). The molecule has 0 aliphatic heterocycles. The van der Waals surface area contributed by atoms with Gasteiger partial charge in [-0.2, -0.15) is 5.10 Å². The van der Waals surface area contributed by atoms with Crippen molar-refractivity contribution in [1.29, 1.82) is 0 Å². The summed E-state index contributed by atoms with van der Waals surface area (Å²) in [6.45, 7) is 5.68. The summed E-state index contributed by atoms with van der Waals surface area (Å²) >= 11 is 0.777. The number of alkyl halides is 2. The highest BCUT2D eigenvalue weighted by atomic mass is 32.1. The predicted octanol–water partition coefficient (Wildman–Crippen LogP) is 6.17. The Morgan fingerprint density at radius 2 is 1.98 bits per heavy atom. The second-order valence-electron chi connectivity index (χ2n) is 9.44. The summed E-state index contributed by atoms with van der Waals surface area (Å²) in [5, 5.41) is 18.6. The Hall–Kier alpha value is -5.18. The van der Waals surface area contributed by atoms with Crippen LogP contribution in [0.2, 0.25) is 0 Å². The number of nitro benzene ring substituents is 1. The fourth-order valence-corrected chi connectivity index (χ4v) is 5.57. The van der Waals surface area contributed by atoms with Crippen LogP contribution in [0.4, 0.5) is 20.2 Å². The third-order valence-corrected chi connectivity index (χ3v) is 7.73. The molecule has 0 saturated heterocycles. The van der Waals surface area contributed by atoms with Gasteiger partial charge in [0.2, 0.25) is 0 Å². The first kappa shape index (κ1) is 29.3. The highest BCUT2D eigenvalue weighted by Gasteiger charge is 2.27. The monoisotopic (exact) mass is 610 g/mol. The molecule has 0 unspecified atom stereocenters. The van der Waals surface area contributed by atoms with Gasteiger partial charge in [-0.25, -0.2) is 13.8 Å². The number of furan rings is 1. The van der Waals surface area contributed by atoms with Crippen LogP contribution in [-0.4, -0.2) is 31.5 Å². The molecule has 5 rings (SSSR count). The van der Waals surface area contributed by atoms with Gasteiger partial charge < -0.3 is 20.2 Å². The molecule has 0 saturated carbocycles. The fourth-order valence-electron chi connectivity index (χ4n) is 4.56. The number of aromatic nitrogens is 3. The van der Waals surface area contributed by atoms with Crippen LogP contribution in [0.25, 0.3) is 21.3 Å². The Morgan fingerprint density at radius 1 is 1.21 bits per heavy atom. The number of benzene rings is 1. The lowest BCUT2D eigenvalue weighted by atomic mass is 10.0. The molecule has 0 bridgehead atoms. The van der Waals surface area contributed by atoms with Crippen LogP contribution in [0.5, 0.6) is 5.75 Å². The number of anilines is 1. The molecule has 4 heterocycles. The summed E-state index contributed by atoms with van der Waals surface area (Å²) in [7, 11) is 0. The number of nitrogens with two attached hydrogens (primary N) is 1. The summed E-state index contributed by atoms with van der Waals surface area (Å²) < 4.78 is 40.5. The maximum Gasteiger partial charge on any atom is 0.311 e. The summed E-state index contributed by atoms with van der Waals surface area (Å²) in [6.07, 6.45) is -1.38. The smallest absolute Gasteiger partial charge is 0.311 e. The number of carbonyl (C=O) groups excluding carboxylic acids is 2. The zero-order valence-corrected chi connectivity index (χ0v) is 23.8. The zero-order chi connectivity index (χ0) is 31.0. The van der Waals surface area contributed by atoms with Gasteiger partial charge in [0, 0.05) is 29.3 Å². The maximum absolute atomic E-state index is 13.8. The van der Waals surface area contributed by atoms with Crippen LogP contribution < -0.4 is 15.8 Å². The number of nitrogens with one attached hydrogen (secondary N) is 1. The van der Waals surface area contributed by atoms with Crippen LogP contribution in [0.3, 0.4) is 0 Å². The second kappa shape index (κ2) is 11.6. The zero-order valence-electron chi connectivity index (χ0n) is 23.0. The lowest BCUT2D eigenvalue weighted by Gasteiger charge is -2.10. The largest absolute Gasteiger partial charge is 0.479 e. The lowest BCUT2D eigenvalue weighted by molar-refractivity contribution is -0.386. The number of nitrogens with zero attached hydrogens (tertiary/aromatic N) is 4. The average molecular weight is 611 g/mol. The molecule has 12 nitrogen and oxygen atoms in total. The number of primary amides is 1. The van der Waals surface area contributed by atoms with E-state index in [-0.39, 0.29) is 50.3 Å². The molecule has 0 radical (unpaired) electrons. The molecule has 43 heavy (non-hydrogen) atoms. The number of aryl methyl sites for hydroxylation is 2. The normalized spacial score (nSPS) is 11.3. The first-order valence-electron chi connectivity index (χ1n) is 12.8. The molecule has 1 aromatic carbocycles. The van der Waals surface area contributed by atoms with E-state index in [1.807, 2.05) is 6.92 Å². The Balaban J connectivity index is 1.50. The first-order chi connectivity index (χ1) is 20.5. The third kappa shape index (κ3) is 5.66. The number of ether oxygens (including phenoxy) is 1. The summed E-state index contributed by atoms with van der Waals surface area (Å²) in [5.74, 6) is -1.60. The Bertz CT molecular complexity index is 1900. The number of rotatable bonds is 10. The van der Waals surface area contributed by atoms with Crippen LogP contribution in [-0.2, 0) is 13.2 Å². The van der Waals surface area contributed by atoms with Gasteiger partial charge in [0.1, 0.15) is 27.8 Å². The number of pyridine rings is 1. The first-order valence-corrected chi connectivity index (χ1v) is 13.7. The number of carbonyl (C=O) groups is 2. The van der Waals surface area contributed by atoms with Crippen LogP contribution in [0.15, 0.2) is 47.0 Å². The molecular weight excluding hydrogens is 586 g/mol. The van der Waals surface area contributed by atoms with Crippen molar-refractivity contribution in [3.8, 4) is 16.9 Å². The van der Waals surface area contributed by atoms with Gasteiger partial charge in [0.05, 0.1) is 16.8 Å². The van der Waals surface area contributed by atoms with E-state index in [0.29, 0.717) is 28.9 Å². The molecule has 3 N–H and O–H groups in total. The number of halogens is 2. The van der Waals surface area contributed by atoms with Crippen molar-refractivity contribution in [2.75, 3.05) is 5.32 Å². The van der Waals surface area contributed by atoms with E-state index in [2.05, 4.69) is 15.4 Å². The molecular formula is C28H24F2N6O6S. The van der Waals surface area contributed by atoms with Crippen LogP contribution >= 0.6 is 11.3 Å². The molecule has 0 fully saturated rings. The molecule has 0 aliphatic rings. The molecule has 0 spiro atoms. The van der Waals surface area contributed by atoms with Gasteiger partial charge in [-0.05, 0) is 56.2 Å². The highest BCUT2D eigenvalue weighted by Crippen LogP contribution is 2.43. The van der Waals surface area contributed by atoms with E-state index in [0.717, 1.165) is 11.3 Å². The quantitative estimate of drug-likeness (QED) is 0.140. The van der Waals surface area contributed by atoms with Gasteiger partial charge in [0.15, 0.2) is 11.5 Å². The van der Waals surface area contributed by atoms with E-state index < -0.39 is 28.9 Å². The topological polar surface area (TPSA) is 168 Å². The minimum atomic E-state index is -2.90. The summed E-state index contributed by atoms with van der Waals surface area (Å²) in [5.41, 5.74) is 7.07. The number of amides is 2. The van der Waals surface area contributed by atoms with Crippen molar-refractivity contribution < 1.29 is 32.4 Å². The van der Waals surface area contributed by atoms with E-state index in [1.165, 1.54) is 36.5 Å². The van der Waals surface area contributed by atoms with Crippen molar-refractivity contribution in [2.24, 2.45) is 5.73 Å². The molecule has 0 aliphatic carbocycles. The molecule has 15 heteroatoms. The van der Waals surface area contributed by atoms with Crippen molar-refractivity contribution >= 4 is 44.7 Å². The van der Waals surface area contributed by atoms with E-state index in [9.17, 15) is 28.5 Å². The molecule has 222 valence electrons. The Morgan fingerprint density at radius 3 is 2.63 bits per heavy atom. The van der Waals surface area contributed by atoms with E-state index >= 15 is 0 Å². The Kier molecular flexibility index (Phi) is 7.91. The maximum atomic E-state index is 13.8. The van der Waals surface area contributed by atoms with Gasteiger partial charge in [0.25, 0.3) is 18.2 Å². The predicted molar refractivity (Wildman–Crippen MR) is 154 cm³/mol. The van der Waals surface area contributed by atoms with Crippen molar-refractivity contribution in [2.45, 2.75) is 40.3 Å². The van der Waals surface area contributed by atoms with Crippen LogP contribution in [0.1, 0.15) is 56.3 Å². The summed E-state index contributed by atoms with van der Waals surface area (Å²) in [4.78, 5) is 40.5. The minimum Gasteiger partial charge on any atom is -0.479 e. The summed E-state index contributed by atoms with van der Waals surface area (Å²) in [6, 6.07) is 8.53. The third-order valence-electron chi connectivity index (χ3n) is 6.63. The average Bonchev–Trinajstić information content (AvgIpc) is 3.69. The van der Waals surface area contributed by atoms with Gasteiger partial charge >= 0.3 is 5.69 Å². The number of hydrogen-bond donors (Lipinski definition) is 2. The SMILES string of the molecule is CCn1ncc(-c2cc(C(F)F)nc3sc(C(N)=O)c(NC(=O)c4ccc(COc5ccc(C)cc5[N+](=O)[O-])o4)c23)c1C. The number of fused-ring (bicyclic) bond motifs is 1. The molecule has 5 aromatic rings. The molecule has 0 atom stereocenters. The van der Waals surface area contributed by atoms with Crippen molar-refractivity contribution in [1.82, 2.24) is 14.8 Å². The number of hydrogen-bond acceptors (Lipinski definition) is 9. The lowest BCUT2D eigenvalue weighted by Crippen LogP contribution is -2.16. The fraction of sp³-hybridized carbons (Fsp3) is 0.214.